The Balaban J connectivity index is 2.22. The van der Waals surface area contributed by atoms with Crippen molar-refractivity contribution in [2.75, 3.05) is 20.8 Å². The molecule has 0 saturated heterocycles. The molecule has 1 atom stereocenters. The number of amides is 2. The summed E-state index contributed by atoms with van der Waals surface area (Å²) in [7, 11) is 3.17. The van der Waals surface area contributed by atoms with Gasteiger partial charge in [0.1, 0.15) is 6.04 Å². The van der Waals surface area contributed by atoms with Crippen LogP contribution in [0.15, 0.2) is 42.5 Å². The molecule has 0 aliphatic heterocycles. The highest BCUT2D eigenvalue weighted by atomic mass is 35.5. The number of carbonyl (C=O) groups is 2. The lowest BCUT2D eigenvalue weighted by Crippen LogP contribution is -2.49. The van der Waals surface area contributed by atoms with Crippen LogP contribution < -0.4 is 14.8 Å². The molecule has 0 heterocycles. The van der Waals surface area contributed by atoms with Crippen LogP contribution in [0.2, 0.25) is 5.02 Å². The highest BCUT2D eigenvalue weighted by molar-refractivity contribution is 6.31. The number of methoxy groups -OCH3 is 2. The Hall–Kier alpha value is -2.73. The van der Waals surface area contributed by atoms with Crippen LogP contribution in [-0.4, -0.2) is 43.5 Å². The van der Waals surface area contributed by atoms with Gasteiger partial charge in [0, 0.05) is 24.5 Å². The van der Waals surface area contributed by atoms with Crippen molar-refractivity contribution in [3.05, 3.63) is 58.6 Å². The van der Waals surface area contributed by atoms with E-state index < -0.39 is 6.04 Å². The summed E-state index contributed by atoms with van der Waals surface area (Å²) in [5.74, 6) is 1.02. The van der Waals surface area contributed by atoms with Crippen molar-refractivity contribution in [3.63, 3.8) is 0 Å². The molecule has 0 aromatic heterocycles. The van der Waals surface area contributed by atoms with Crippen LogP contribution in [0.5, 0.6) is 11.5 Å². The summed E-state index contributed by atoms with van der Waals surface area (Å²) in [6, 6.07) is 12.5. The van der Waals surface area contributed by atoms with E-state index in [-0.39, 0.29) is 24.8 Å². The lowest BCUT2D eigenvalue weighted by Gasteiger charge is -2.31. The summed E-state index contributed by atoms with van der Waals surface area (Å²) in [6.07, 6.45) is 2.13. The van der Waals surface area contributed by atoms with Crippen LogP contribution in [0.25, 0.3) is 0 Å². The molecule has 1 N–H and O–H groups in total. The average molecular weight is 461 g/mol. The molecule has 0 radical (unpaired) electrons. The molecule has 2 rings (SSSR count). The van der Waals surface area contributed by atoms with E-state index in [1.807, 2.05) is 50.2 Å². The molecule has 2 aromatic rings. The van der Waals surface area contributed by atoms with Gasteiger partial charge in [0.25, 0.3) is 0 Å². The zero-order valence-corrected chi connectivity index (χ0v) is 20.1. The summed E-state index contributed by atoms with van der Waals surface area (Å²) in [6.45, 7) is 4.77. The van der Waals surface area contributed by atoms with Crippen molar-refractivity contribution >= 4 is 23.4 Å². The molecule has 0 aliphatic carbocycles. The largest absolute Gasteiger partial charge is 0.493 e. The van der Waals surface area contributed by atoms with Crippen LogP contribution in [0.3, 0.4) is 0 Å². The Kier molecular flexibility index (Phi) is 10.3. The minimum atomic E-state index is -0.560. The van der Waals surface area contributed by atoms with Gasteiger partial charge in [-0.15, -0.1) is 0 Å². The van der Waals surface area contributed by atoms with Gasteiger partial charge in [0.15, 0.2) is 11.5 Å². The standard InChI is InChI=1S/C25H33ClN2O4/c1-5-15-27-25(30)21(6-2)28(17-19-9-7-8-10-20(19)26)24(29)14-12-18-11-13-22(31-3)23(16-18)32-4/h7-11,13,16,21H,5-6,12,14-15,17H2,1-4H3,(H,27,30)/t21-/m1/s1. The van der Waals surface area contributed by atoms with Gasteiger partial charge in [0.05, 0.1) is 14.2 Å². The summed E-state index contributed by atoms with van der Waals surface area (Å²) < 4.78 is 10.6. The second-order valence-electron chi connectivity index (χ2n) is 7.52. The normalized spacial score (nSPS) is 11.5. The molecule has 0 aliphatic rings. The molecule has 7 heteroatoms. The predicted octanol–water partition coefficient (Wildman–Crippen LogP) is 4.62. The molecule has 0 spiro atoms. The van der Waals surface area contributed by atoms with Gasteiger partial charge in [0.2, 0.25) is 11.8 Å². The smallest absolute Gasteiger partial charge is 0.242 e. The zero-order chi connectivity index (χ0) is 23.5. The van der Waals surface area contributed by atoms with Gasteiger partial charge < -0.3 is 19.7 Å². The van der Waals surface area contributed by atoms with E-state index in [9.17, 15) is 9.59 Å². The highest BCUT2D eigenvalue weighted by Gasteiger charge is 2.28. The topological polar surface area (TPSA) is 67.9 Å². The fourth-order valence-corrected chi connectivity index (χ4v) is 3.72. The molecule has 0 bridgehead atoms. The summed E-state index contributed by atoms with van der Waals surface area (Å²) in [4.78, 5) is 27.8. The van der Waals surface area contributed by atoms with Gasteiger partial charge in [-0.05, 0) is 48.6 Å². The summed E-state index contributed by atoms with van der Waals surface area (Å²) >= 11 is 6.35. The third kappa shape index (κ3) is 6.89. The summed E-state index contributed by atoms with van der Waals surface area (Å²) in [5.41, 5.74) is 1.77. The number of nitrogens with one attached hydrogen (secondary N) is 1. The molecule has 0 unspecified atom stereocenters. The third-order valence-electron chi connectivity index (χ3n) is 5.31. The lowest BCUT2D eigenvalue weighted by atomic mass is 10.1. The van der Waals surface area contributed by atoms with Crippen molar-refractivity contribution < 1.29 is 19.1 Å². The minimum absolute atomic E-state index is 0.0989. The number of hydrogen-bond donors (Lipinski definition) is 1. The average Bonchev–Trinajstić information content (AvgIpc) is 2.81. The van der Waals surface area contributed by atoms with E-state index in [2.05, 4.69) is 5.32 Å². The third-order valence-corrected chi connectivity index (χ3v) is 5.68. The van der Waals surface area contributed by atoms with Crippen LogP contribution >= 0.6 is 11.6 Å². The minimum Gasteiger partial charge on any atom is -0.493 e. The Morgan fingerprint density at radius 2 is 1.78 bits per heavy atom. The van der Waals surface area contributed by atoms with Crippen molar-refractivity contribution in [3.8, 4) is 11.5 Å². The molecule has 0 fully saturated rings. The molecular weight excluding hydrogens is 428 g/mol. The first-order chi connectivity index (χ1) is 15.4. The number of hydrogen-bond acceptors (Lipinski definition) is 4. The van der Waals surface area contributed by atoms with E-state index >= 15 is 0 Å². The first-order valence-corrected chi connectivity index (χ1v) is 11.3. The maximum absolute atomic E-state index is 13.3. The maximum Gasteiger partial charge on any atom is 0.242 e. The zero-order valence-electron chi connectivity index (χ0n) is 19.3. The predicted molar refractivity (Wildman–Crippen MR) is 127 cm³/mol. The number of aryl methyl sites for hydroxylation is 1. The van der Waals surface area contributed by atoms with Crippen LogP contribution in [0.1, 0.15) is 44.2 Å². The van der Waals surface area contributed by atoms with E-state index in [1.54, 1.807) is 25.2 Å². The fourth-order valence-electron chi connectivity index (χ4n) is 3.53. The molecule has 2 aromatic carbocycles. The second-order valence-corrected chi connectivity index (χ2v) is 7.92. The Morgan fingerprint density at radius 1 is 1.06 bits per heavy atom. The number of nitrogens with zero attached hydrogens (tertiary/aromatic N) is 1. The fraction of sp³-hybridized carbons (Fsp3) is 0.440. The van der Waals surface area contributed by atoms with Crippen molar-refractivity contribution in [1.82, 2.24) is 10.2 Å². The Labute approximate surface area is 195 Å². The number of rotatable bonds is 12. The van der Waals surface area contributed by atoms with Crippen molar-refractivity contribution in [2.24, 2.45) is 0 Å². The van der Waals surface area contributed by atoms with Gasteiger partial charge in [-0.2, -0.15) is 0 Å². The van der Waals surface area contributed by atoms with E-state index in [0.29, 0.717) is 35.9 Å². The molecule has 0 saturated carbocycles. The highest BCUT2D eigenvalue weighted by Crippen LogP contribution is 2.28. The van der Waals surface area contributed by atoms with Crippen LogP contribution in [-0.2, 0) is 22.6 Å². The van der Waals surface area contributed by atoms with Crippen LogP contribution in [0, 0.1) is 0 Å². The summed E-state index contributed by atoms with van der Waals surface area (Å²) in [5, 5.41) is 3.50. The molecular formula is C25H33ClN2O4. The Morgan fingerprint density at radius 3 is 2.41 bits per heavy atom. The molecule has 174 valence electrons. The first kappa shape index (κ1) is 25.5. The maximum atomic E-state index is 13.3. The monoisotopic (exact) mass is 460 g/mol. The van der Waals surface area contributed by atoms with Gasteiger partial charge in [-0.3, -0.25) is 9.59 Å². The van der Waals surface area contributed by atoms with E-state index in [1.165, 1.54) is 0 Å². The van der Waals surface area contributed by atoms with Crippen molar-refractivity contribution in [1.29, 1.82) is 0 Å². The number of ether oxygens (including phenoxy) is 2. The number of carbonyl (C=O) groups excluding carboxylic acids is 2. The van der Waals surface area contributed by atoms with E-state index in [4.69, 9.17) is 21.1 Å². The van der Waals surface area contributed by atoms with Gasteiger partial charge in [-0.1, -0.05) is 49.7 Å². The van der Waals surface area contributed by atoms with Gasteiger partial charge in [-0.25, -0.2) is 0 Å². The lowest BCUT2D eigenvalue weighted by molar-refractivity contribution is -0.141. The first-order valence-electron chi connectivity index (χ1n) is 11.0. The van der Waals surface area contributed by atoms with Crippen molar-refractivity contribution in [2.45, 2.75) is 52.1 Å². The SMILES string of the molecule is CCCNC(=O)[C@@H](CC)N(Cc1ccccc1Cl)C(=O)CCc1ccc(OC)c(OC)c1. The molecule has 2 amide bonds. The number of benzene rings is 2. The van der Waals surface area contributed by atoms with E-state index in [0.717, 1.165) is 17.5 Å². The number of halogens is 1. The second kappa shape index (κ2) is 13.0. The quantitative estimate of drug-likeness (QED) is 0.501. The van der Waals surface area contributed by atoms with Crippen LogP contribution in [0.4, 0.5) is 0 Å². The van der Waals surface area contributed by atoms with Gasteiger partial charge >= 0.3 is 0 Å². The Bertz CT molecular complexity index is 903. The molecule has 32 heavy (non-hydrogen) atoms. The molecule has 6 nitrogen and oxygen atoms in total.